The molecule has 4 rings (SSSR count). The number of aromatic nitrogens is 2. The van der Waals surface area contributed by atoms with E-state index >= 15 is 0 Å². The number of hydrogen-bond donors (Lipinski definition) is 3. The number of piperidine rings is 1. The summed E-state index contributed by atoms with van der Waals surface area (Å²) in [5.41, 5.74) is 8.62. The lowest BCUT2D eigenvalue weighted by Gasteiger charge is -2.29. The quantitative estimate of drug-likeness (QED) is 0.678. The lowest BCUT2D eigenvalue weighted by Crippen LogP contribution is -2.39. The Morgan fingerprint density at radius 3 is 2.64 bits per heavy atom. The monoisotopic (exact) mass is 405 g/mol. The van der Waals surface area contributed by atoms with E-state index in [4.69, 9.17) is 5.73 Å². The Kier molecular flexibility index (Phi) is 6.25. The van der Waals surface area contributed by atoms with Crippen LogP contribution in [0.3, 0.4) is 0 Å². The van der Waals surface area contributed by atoms with Gasteiger partial charge in [-0.15, -0.1) is 12.4 Å². The van der Waals surface area contributed by atoms with Crippen LogP contribution in [0.1, 0.15) is 50.1 Å². The predicted molar refractivity (Wildman–Crippen MR) is 112 cm³/mol. The van der Waals surface area contributed by atoms with E-state index in [0.717, 1.165) is 41.7 Å². The molecule has 1 aliphatic heterocycles. The number of nitrogens with zero attached hydrogens (tertiary/aromatic N) is 2. The van der Waals surface area contributed by atoms with Crippen molar-refractivity contribution >= 4 is 40.8 Å². The van der Waals surface area contributed by atoms with Crippen LogP contribution < -0.4 is 16.4 Å². The van der Waals surface area contributed by atoms with Crippen molar-refractivity contribution in [1.82, 2.24) is 15.1 Å². The number of imide groups is 1. The molecule has 0 radical (unpaired) electrons. The number of anilines is 1. The third-order valence-corrected chi connectivity index (χ3v) is 6.00. The topological polar surface area (TPSA) is 102 Å². The molecule has 1 aromatic carbocycles. The Hall–Kier alpha value is -2.12. The van der Waals surface area contributed by atoms with Crippen LogP contribution in [0, 0.1) is 5.92 Å². The van der Waals surface area contributed by atoms with E-state index in [2.05, 4.69) is 27.9 Å². The van der Waals surface area contributed by atoms with Crippen LogP contribution in [0.25, 0.3) is 10.9 Å². The van der Waals surface area contributed by atoms with E-state index < -0.39 is 0 Å². The summed E-state index contributed by atoms with van der Waals surface area (Å²) in [7, 11) is 1.90. The van der Waals surface area contributed by atoms with Crippen LogP contribution in [0.15, 0.2) is 18.2 Å². The Morgan fingerprint density at radius 2 is 1.96 bits per heavy atom. The minimum Gasteiger partial charge on any atom is -0.382 e. The highest BCUT2D eigenvalue weighted by Gasteiger charge is 2.31. The molecule has 4 N–H and O–H groups in total. The molecule has 1 atom stereocenters. The van der Waals surface area contributed by atoms with Crippen molar-refractivity contribution in [3.63, 3.8) is 0 Å². The van der Waals surface area contributed by atoms with Gasteiger partial charge < -0.3 is 11.1 Å². The molecule has 28 heavy (non-hydrogen) atoms. The summed E-state index contributed by atoms with van der Waals surface area (Å²) in [6.45, 7) is 0.789. The summed E-state index contributed by atoms with van der Waals surface area (Å²) in [5.74, 6) is -0.145. The van der Waals surface area contributed by atoms with E-state index in [1.54, 1.807) is 0 Å². The molecular weight excluding hydrogens is 378 g/mol. The zero-order chi connectivity index (χ0) is 19.0. The van der Waals surface area contributed by atoms with Gasteiger partial charge in [-0.1, -0.05) is 0 Å². The highest BCUT2D eigenvalue weighted by atomic mass is 35.5. The molecule has 1 aliphatic carbocycles. The third kappa shape index (κ3) is 4.00. The van der Waals surface area contributed by atoms with Crippen LogP contribution in [0.4, 0.5) is 5.69 Å². The SMILES string of the molecule is Cl.Cn1nc(C2CCC(=O)NC2=O)c2ccc(NC3CCC(CN)CC3)cc21. The number of nitrogens with one attached hydrogen (secondary N) is 2. The summed E-state index contributed by atoms with van der Waals surface area (Å²) in [6, 6.07) is 6.68. The van der Waals surface area contributed by atoms with E-state index in [-0.39, 0.29) is 30.1 Å². The van der Waals surface area contributed by atoms with Gasteiger partial charge in [-0.05, 0) is 62.8 Å². The first-order chi connectivity index (χ1) is 13.0. The van der Waals surface area contributed by atoms with Gasteiger partial charge in [0.15, 0.2) is 0 Å². The number of carbonyl (C=O) groups excluding carboxylic acids is 2. The standard InChI is InChI=1S/C20H27N5O2.ClH/c1-25-17-10-14(22-13-4-2-12(11-21)3-5-13)6-7-15(17)19(24-25)16-8-9-18(26)23-20(16)27;/h6-7,10,12-13,16,22H,2-5,8-9,11,21H2,1H3,(H,23,26,27);1H. The normalized spacial score (nSPS) is 25.3. The van der Waals surface area contributed by atoms with Gasteiger partial charge in [0.2, 0.25) is 11.8 Å². The lowest BCUT2D eigenvalue weighted by atomic mass is 9.86. The van der Waals surface area contributed by atoms with Crippen LogP contribution in [0.2, 0.25) is 0 Å². The van der Waals surface area contributed by atoms with Crippen molar-refractivity contribution in [2.24, 2.45) is 18.7 Å². The van der Waals surface area contributed by atoms with Crippen LogP contribution in [0.5, 0.6) is 0 Å². The maximum absolute atomic E-state index is 12.2. The molecule has 1 saturated carbocycles. The summed E-state index contributed by atoms with van der Waals surface area (Å²) in [6.07, 6.45) is 5.53. The fourth-order valence-corrected chi connectivity index (χ4v) is 4.37. The molecule has 0 spiro atoms. The van der Waals surface area contributed by atoms with Crippen molar-refractivity contribution in [3.8, 4) is 0 Å². The molecule has 1 aromatic heterocycles. The average molecular weight is 406 g/mol. The van der Waals surface area contributed by atoms with E-state index in [1.165, 1.54) is 12.8 Å². The largest absolute Gasteiger partial charge is 0.382 e. The zero-order valence-corrected chi connectivity index (χ0v) is 16.9. The van der Waals surface area contributed by atoms with Gasteiger partial charge in [0.1, 0.15) is 0 Å². The molecule has 8 heteroatoms. The van der Waals surface area contributed by atoms with Gasteiger partial charge in [-0.3, -0.25) is 19.6 Å². The van der Waals surface area contributed by atoms with Gasteiger partial charge in [-0.2, -0.15) is 5.10 Å². The van der Waals surface area contributed by atoms with Gasteiger partial charge in [0, 0.05) is 30.6 Å². The summed E-state index contributed by atoms with van der Waals surface area (Å²) in [5, 5.41) is 11.6. The first-order valence-corrected chi connectivity index (χ1v) is 9.82. The van der Waals surface area contributed by atoms with Crippen LogP contribution in [-0.2, 0) is 16.6 Å². The molecule has 7 nitrogen and oxygen atoms in total. The number of halogens is 1. The number of benzene rings is 1. The second-order valence-corrected chi connectivity index (χ2v) is 7.84. The van der Waals surface area contributed by atoms with Crippen molar-refractivity contribution in [2.45, 2.75) is 50.5 Å². The van der Waals surface area contributed by atoms with Crippen molar-refractivity contribution in [3.05, 3.63) is 23.9 Å². The van der Waals surface area contributed by atoms with Crippen molar-refractivity contribution < 1.29 is 9.59 Å². The summed E-state index contributed by atoms with van der Waals surface area (Å²) >= 11 is 0. The van der Waals surface area contributed by atoms with E-state index in [0.29, 0.717) is 24.8 Å². The summed E-state index contributed by atoms with van der Waals surface area (Å²) < 4.78 is 1.82. The Balaban J connectivity index is 0.00000225. The number of rotatable bonds is 4. The number of hydrogen-bond acceptors (Lipinski definition) is 5. The zero-order valence-electron chi connectivity index (χ0n) is 16.1. The van der Waals surface area contributed by atoms with E-state index in [9.17, 15) is 9.59 Å². The highest BCUT2D eigenvalue weighted by molar-refractivity contribution is 6.02. The van der Waals surface area contributed by atoms with Gasteiger partial charge in [-0.25, -0.2) is 0 Å². The Bertz CT molecular complexity index is 873. The number of carbonyl (C=O) groups is 2. The first kappa shape index (κ1) is 20.6. The minimum atomic E-state index is -0.364. The van der Waals surface area contributed by atoms with Gasteiger partial charge >= 0.3 is 0 Å². The first-order valence-electron chi connectivity index (χ1n) is 9.82. The maximum atomic E-state index is 12.2. The van der Waals surface area contributed by atoms with Gasteiger partial charge in [0.05, 0.1) is 17.1 Å². The number of aryl methyl sites for hydroxylation is 1. The molecule has 0 bridgehead atoms. The second kappa shape index (κ2) is 8.49. The third-order valence-electron chi connectivity index (χ3n) is 6.00. The predicted octanol–water partition coefficient (Wildman–Crippen LogP) is 2.44. The molecule has 1 unspecified atom stereocenters. The van der Waals surface area contributed by atoms with Crippen molar-refractivity contribution in [2.75, 3.05) is 11.9 Å². The van der Waals surface area contributed by atoms with Crippen LogP contribution >= 0.6 is 12.4 Å². The molecule has 2 aromatic rings. The fourth-order valence-electron chi connectivity index (χ4n) is 4.37. The second-order valence-electron chi connectivity index (χ2n) is 7.84. The smallest absolute Gasteiger partial charge is 0.235 e. The van der Waals surface area contributed by atoms with Crippen molar-refractivity contribution in [1.29, 1.82) is 0 Å². The van der Waals surface area contributed by atoms with E-state index in [1.807, 2.05) is 17.8 Å². The highest BCUT2D eigenvalue weighted by Crippen LogP contribution is 2.32. The molecule has 2 amide bonds. The number of nitrogens with two attached hydrogens (primary N) is 1. The maximum Gasteiger partial charge on any atom is 0.235 e. The number of fused-ring (bicyclic) bond motifs is 1. The molecule has 1 saturated heterocycles. The Morgan fingerprint density at radius 1 is 1.21 bits per heavy atom. The fraction of sp³-hybridized carbons (Fsp3) is 0.550. The number of amides is 2. The van der Waals surface area contributed by atoms with Gasteiger partial charge in [0.25, 0.3) is 0 Å². The molecular formula is C20H28ClN5O2. The Labute approximate surface area is 170 Å². The molecule has 152 valence electrons. The lowest BCUT2D eigenvalue weighted by molar-refractivity contribution is -0.134. The molecule has 2 fully saturated rings. The summed E-state index contributed by atoms with van der Waals surface area (Å²) in [4.78, 5) is 23.7. The average Bonchev–Trinajstić information content (AvgIpc) is 2.98. The molecule has 2 heterocycles. The molecule has 2 aliphatic rings. The van der Waals surface area contributed by atoms with Crippen LogP contribution in [-0.4, -0.2) is 34.2 Å². The minimum absolute atomic E-state index is 0.